The fourth-order valence-corrected chi connectivity index (χ4v) is 3.68. The lowest BCUT2D eigenvalue weighted by molar-refractivity contribution is -0.133. The van der Waals surface area contributed by atoms with Gasteiger partial charge in [-0.2, -0.15) is 0 Å². The Morgan fingerprint density at radius 1 is 1.08 bits per heavy atom. The Morgan fingerprint density at radius 3 is 2.54 bits per heavy atom. The molecule has 0 aliphatic carbocycles. The standard InChI is InChI=1S/C21H25FN2O2/c1-23-14-5-7-18(23)19-6-3-2-4-15-24(19)21(26)13-12-20(25)16-8-10-17(22)11-9-16/h5,7-11,14,19H,2-4,6,12-13,15H2,1H3/t19-/m1/s1. The number of aromatic nitrogens is 1. The number of likely N-dealkylation sites (tertiary alicyclic amines) is 1. The first-order valence-electron chi connectivity index (χ1n) is 9.26. The molecule has 1 amide bonds. The first-order valence-corrected chi connectivity index (χ1v) is 9.26. The first kappa shape index (κ1) is 18.4. The molecule has 26 heavy (non-hydrogen) atoms. The number of carbonyl (C=O) groups excluding carboxylic acids is 2. The summed E-state index contributed by atoms with van der Waals surface area (Å²) >= 11 is 0. The van der Waals surface area contributed by atoms with E-state index >= 15 is 0 Å². The van der Waals surface area contributed by atoms with Gasteiger partial charge in [-0.15, -0.1) is 0 Å². The Morgan fingerprint density at radius 2 is 1.85 bits per heavy atom. The van der Waals surface area contributed by atoms with Crippen molar-refractivity contribution in [1.82, 2.24) is 9.47 Å². The van der Waals surface area contributed by atoms with Gasteiger partial charge in [0.2, 0.25) is 5.91 Å². The molecule has 1 saturated heterocycles. The molecule has 0 radical (unpaired) electrons. The molecule has 1 aliphatic rings. The van der Waals surface area contributed by atoms with E-state index in [0.717, 1.165) is 37.9 Å². The normalized spacial score (nSPS) is 17.8. The second-order valence-corrected chi connectivity index (χ2v) is 6.93. The van der Waals surface area contributed by atoms with Crippen LogP contribution in [0.5, 0.6) is 0 Å². The van der Waals surface area contributed by atoms with Gasteiger partial charge in [-0.05, 0) is 49.2 Å². The Bertz CT molecular complexity index is 767. The molecule has 4 nitrogen and oxygen atoms in total. The van der Waals surface area contributed by atoms with Gasteiger partial charge in [0.05, 0.1) is 6.04 Å². The number of hydrogen-bond acceptors (Lipinski definition) is 2. The predicted octanol–water partition coefficient (Wildman–Crippen LogP) is 4.27. The summed E-state index contributed by atoms with van der Waals surface area (Å²) in [6, 6.07) is 9.64. The third-order valence-corrected chi connectivity index (χ3v) is 5.13. The monoisotopic (exact) mass is 356 g/mol. The van der Waals surface area contributed by atoms with Crippen molar-refractivity contribution >= 4 is 11.7 Å². The second-order valence-electron chi connectivity index (χ2n) is 6.93. The van der Waals surface area contributed by atoms with Gasteiger partial charge in [0.15, 0.2) is 5.78 Å². The van der Waals surface area contributed by atoms with Gasteiger partial charge in [0.1, 0.15) is 5.82 Å². The van der Waals surface area contributed by atoms with Gasteiger partial charge in [0, 0.05) is 43.9 Å². The maximum Gasteiger partial charge on any atom is 0.223 e. The first-order chi connectivity index (χ1) is 12.6. The van der Waals surface area contributed by atoms with E-state index in [2.05, 4.69) is 10.6 Å². The lowest BCUT2D eigenvalue weighted by Crippen LogP contribution is -2.35. The molecular formula is C21H25FN2O2. The summed E-state index contributed by atoms with van der Waals surface area (Å²) in [4.78, 5) is 27.1. The van der Waals surface area contributed by atoms with Gasteiger partial charge in [0.25, 0.3) is 0 Å². The van der Waals surface area contributed by atoms with E-state index in [4.69, 9.17) is 0 Å². The van der Waals surface area contributed by atoms with Crippen LogP contribution in [0.3, 0.4) is 0 Å². The van der Waals surface area contributed by atoms with Crippen LogP contribution in [-0.2, 0) is 11.8 Å². The van der Waals surface area contributed by atoms with Crippen LogP contribution in [0.4, 0.5) is 4.39 Å². The number of ketones is 1. The van der Waals surface area contributed by atoms with Crippen LogP contribution in [0.25, 0.3) is 0 Å². The predicted molar refractivity (Wildman–Crippen MR) is 98.3 cm³/mol. The number of halogens is 1. The highest BCUT2D eigenvalue weighted by Gasteiger charge is 2.28. The maximum atomic E-state index is 13.0. The number of rotatable bonds is 5. The zero-order chi connectivity index (χ0) is 18.5. The van der Waals surface area contributed by atoms with Crippen LogP contribution in [0.1, 0.15) is 60.6 Å². The van der Waals surface area contributed by atoms with E-state index in [1.807, 2.05) is 24.2 Å². The van der Waals surface area contributed by atoms with Gasteiger partial charge >= 0.3 is 0 Å². The number of benzene rings is 1. The van der Waals surface area contributed by atoms with Crippen molar-refractivity contribution in [2.75, 3.05) is 6.54 Å². The summed E-state index contributed by atoms with van der Waals surface area (Å²) in [7, 11) is 2.00. The molecule has 5 heteroatoms. The number of aryl methyl sites for hydroxylation is 1. The maximum absolute atomic E-state index is 13.0. The molecular weight excluding hydrogens is 331 g/mol. The second kappa shape index (κ2) is 8.30. The minimum atomic E-state index is -0.368. The Labute approximate surface area is 153 Å². The Balaban J connectivity index is 1.67. The van der Waals surface area contributed by atoms with Crippen LogP contribution in [0.15, 0.2) is 42.6 Å². The summed E-state index contributed by atoms with van der Waals surface area (Å²) in [5.41, 5.74) is 1.60. The van der Waals surface area contributed by atoms with Gasteiger partial charge < -0.3 is 9.47 Å². The lowest BCUT2D eigenvalue weighted by Gasteiger charge is -2.30. The summed E-state index contributed by atoms with van der Waals surface area (Å²) in [5.74, 6) is -0.468. The van der Waals surface area contributed by atoms with Gasteiger partial charge in [-0.25, -0.2) is 4.39 Å². The summed E-state index contributed by atoms with van der Waals surface area (Å²) in [6.45, 7) is 0.736. The molecule has 1 atom stereocenters. The number of amides is 1. The summed E-state index contributed by atoms with van der Waals surface area (Å²) < 4.78 is 15.1. The molecule has 0 bridgehead atoms. The molecule has 0 spiro atoms. The number of hydrogen-bond donors (Lipinski definition) is 0. The molecule has 1 aliphatic heterocycles. The van der Waals surface area contributed by atoms with E-state index in [1.165, 1.54) is 24.3 Å². The topological polar surface area (TPSA) is 42.3 Å². The van der Waals surface area contributed by atoms with E-state index in [9.17, 15) is 14.0 Å². The summed E-state index contributed by atoms with van der Waals surface area (Å²) in [6.07, 6.45) is 6.53. The van der Waals surface area contributed by atoms with Crippen molar-refractivity contribution in [2.24, 2.45) is 7.05 Å². The fraction of sp³-hybridized carbons (Fsp3) is 0.429. The third-order valence-electron chi connectivity index (χ3n) is 5.13. The SMILES string of the molecule is Cn1cccc1[C@H]1CCCCCN1C(=O)CCC(=O)c1ccc(F)cc1. The van der Waals surface area contributed by atoms with Crippen molar-refractivity contribution in [3.05, 3.63) is 59.7 Å². The zero-order valence-electron chi connectivity index (χ0n) is 15.2. The highest BCUT2D eigenvalue weighted by molar-refractivity contribution is 5.97. The van der Waals surface area contributed by atoms with Crippen LogP contribution in [-0.4, -0.2) is 27.7 Å². The van der Waals surface area contributed by atoms with Crippen LogP contribution in [0.2, 0.25) is 0 Å². The quantitative estimate of drug-likeness (QED) is 0.751. The highest BCUT2D eigenvalue weighted by atomic mass is 19.1. The van der Waals surface area contributed by atoms with Gasteiger partial charge in [-0.1, -0.05) is 12.8 Å². The largest absolute Gasteiger partial charge is 0.353 e. The minimum absolute atomic E-state index is 0.0218. The molecule has 2 aromatic rings. The molecule has 1 fully saturated rings. The molecule has 0 saturated carbocycles. The number of nitrogens with zero attached hydrogens (tertiary/aromatic N) is 2. The van der Waals surface area contributed by atoms with Crippen molar-refractivity contribution in [2.45, 2.75) is 44.6 Å². The third kappa shape index (κ3) is 4.21. The minimum Gasteiger partial charge on any atom is -0.353 e. The van der Waals surface area contributed by atoms with Crippen LogP contribution < -0.4 is 0 Å². The van der Waals surface area contributed by atoms with Crippen LogP contribution in [0, 0.1) is 5.82 Å². The van der Waals surface area contributed by atoms with E-state index in [1.54, 1.807) is 0 Å². The molecule has 2 heterocycles. The molecule has 1 aromatic heterocycles. The number of carbonyl (C=O) groups is 2. The van der Waals surface area contributed by atoms with Crippen molar-refractivity contribution in [3.63, 3.8) is 0 Å². The van der Waals surface area contributed by atoms with Crippen molar-refractivity contribution < 1.29 is 14.0 Å². The molecule has 138 valence electrons. The molecule has 3 rings (SSSR count). The smallest absolute Gasteiger partial charge is 0.223 e. The van der Waals surface area contributed by atoms with E-state index in [0.29, 0.717) is 5.56 Å². The average molecular weight is 356 g/mol. The molecule has 0 N–H and O–H groups in total. The van der Waals surface area contributed by atoms with Crippen molar-refractivity contribution in [1.29, 1.82) is 0 Å². The Hall–Kier alpha value is -2.43. The van der Waals surface area contributed by atoms with Gasteiger partial charge in [-0.3, -0.25) is 9.59 Å². The highest BCUT2D eigenvalue weighted by Crippen LogP contribution is 2.31. The van der Waals surface area contributed by atoms with Crippen molar-refractivity contribution in [3.8, 4) is 0 Å². The number of Topliss-reactive ketones (excluding diaryl/α,β-unsaturated/α-hetero) is 1. The van der Waals surface area contributed by atoms with E-state index in [-0.39, 0.29) is 36.4 Å². The summed E-state index contributed by atoms with van der Waals surface area (Å²) in [5, 5.41) is 0. The Kier molecular flexibility index (Phi) is 5.86. The van der Waals surface area contributed by atoms with E-state index < -0.39 is 0 Å². The van der Waals surface area contributed by atoms with Crippen LogP contribution >= 0.6 is 0 Å². The molecule has 1 aromatic carbocycles. The average Bonchev–Trinajstić information content (AvgIpc) is 2.92. The zero-order valence-corrected chi connectivity index (χ0v) is 15.2. The lowest BCUT2D eigenvalue weighted by atomic mass is 10.0. The fourth-order valence-electron chi connectivity index (χ4n) is 3.68. The molecule has 0 unspecified atom stereocenters.